The van der Waals surface area contributed by atoms with Crippen LogP contribution >= 0.6 is 0 Å². The Kier molecular flexibility index (Phi) is 5.43. The minimum absolute atomic E-state index is 0.0371. The Morgan fingerprint density at radius 2 is 2.00 bits per heavy atom. The standard InChI is InChI=1S/C21H23N3O4/c1-26-17-3-4-18-19(14-17)22-7-6-20(18)28-13-10-24-15-16(2-5-21(24)25)23-8-11-27-12-9-23/h2-7,14-15H,8-13H2,1H3. The third kappa shape index (κ3) is 3.94. The first-order valence-corrected chi connectivity index (χ1v) is 9.33. The highest BCUT2D eigenvalue weighted by molar-refractivity contribution is 5.85. The number of fused-ring (bicyclic) bond motifs is 1. The van der Waals surface area contributed by atoms with Crippen molar-refractivity contribution >= 4 is 16.6 Å². The first-order chi connectivity index (χ1) is 13.7. The predicted octanol–water partition coefficient (Wildman–Crippen LogP) is 2.32. The lowest BCUT2D eigenvalue weighted by Crippen LogP contribution is -2.37. The minimum Gasteiger partial charge on any atom is -0.497 e. The molecule has 0 aliphatic carbocycles. The predicted molar refractivity (Wildman–Crippen MR) is 108 cm³/mol. The van der Waals surface area contributed by atoms with E-state index in [2.05, 4.69) is 9.88 Å². The van der Waals surface area contributed by atoms with Crippen LogP contribution in [0.4, 0.5) is 5.69 Å². The number of anilines is 1. The zero-order valence-corrected chi connectivity index (χ0v) is 15.8. The molecule has 1 aromatic carbocycles. The summed E-state index contributed by atoms with van der Waals surface area (Å²) in [7, 11) is 1.63. The Hall–Kier alpha value is -3.06. The average molecular weight is 381 g/mol. The SMILES string of the molecule is COc1ccc2c(OCCn3cc(N4CCOCC4)ccc3=O)ccnc2c1. The number of hydrogen-bond donors (Lipinski definition) is 0. The van der Waals surface area contributed by atoms with Crippen molar-refractivity contribution in [3.05, 3.63) is 59.1 Å². The number of hydrogen-bond acceptors (Lipinski definition) is 6. The molecule has 146 valence electrons. The molecular weight excluding hydrogens is 358 g/mol. The van der Waals surface area contributed by atoms with Crippen molar-refractivity contribution in [2.24, 2.45) is 0 Å². The van der Waals surface area contributed by atoms with E-state index in [0.29, 0.717) is 26.4 Å². The molecule has 7 nitrogen and oxygen atoms in total. The first kappa shape index (κ1) is 18.3. The van der Waals surface area contributed by atoms with Crippen LogP contribution in [0.5, 0.6) is 11.5 Å². The van der Waals surface area contributed by atoms with E-state index >= 15 is 0 Å². The van der Waals surface area contributed by atoms with Crippen molar-refractivity contribution < 1.29 is 14.2 Å². The van der Waals surface area contributed by atoms with E-state index in [1.54, 1.807) is 23.9 Å². The molecule has 1 aliphatic rings. The van der Waals surface area contributed by atoms with Crippen molar-refractivity contribution in [2.45, 2.75) is 6.54 Å². The molecule has 0 radical (unpaired) electrons. The summed E-state index contributed by atoms with van der Waals surface area (Å²) in [5.41, 5.74) is 1.80. The Labute approximate surface area is 163 Å². The lowest BCUT2D eigenvalue weighted by atomic mass is 10.2. The molecular formula is C21H23N3O4. The molecule has 1 saturated heterocycles. The molecule has 3 heterocycles. The monoisotopic (exact) mass is 381 g/mol. The second-order valence-electron chi connectivity index (χ2n) is 6.56. The van der Waals surface area contributed by atoms with Crippen LogP contribution in [0.25, 0.3) is 10.9 Å². The Balaban J connectivity index is 1.46. The molecule has 3 aromatic rings. The zero-order valence-electron chi connectivity index (χ0n) is 15.8. The van der Waals surface area contributed by atoms with E-state index in [1.165, 1.54) is 0 Å². The van der Waals surface area contributed by atoms with Gasteiger partial charge in [-0.25, -0.2) is 0 Å². The fourth-order valence-corrected chi connectivity index (χ4v) is 3.31. The summed E-state index contributed by atoms with van der Waals surface area (Å²) in [5.74, 6) is 1.49. The van der Waals surface area contributed by atoms with Gasteiger partial charge in [-0.05, 0) is 24.3 Å². The van der Waals surface area contributed by atoms with Gasteiger partial charge in [0.2, 0.25) is 0 Å². The second-order valence-corrected chi connectivity index (χ2v) is 6.56. The lowest BCUT2D eigenvalue weighted by Gasteiger charge is -2.29. The summed E-state index contributed by atoms with van der Waals surface area (Å²) < 4.78 is 18.3. The highest BCUT2D eigenvalue weighted by atomic mass is 16.5. The summed E-state index contributed by atoms with van der Waals surface area (Å²) in [6.45, 7) is 3.95. The van der Waals surface area contributed by atoms with Crippen LogP contribution in [0.1, 0.15) is 0 Å². The Morgan fingerprint density at radius 3 is 2.82 bits per heavy atom. The number of nitrogens with zero attached hydrogens (tertiary/aromatic N) is 3. The van der Waals surface area contributed by atoms with E-state index in [0.717, 1.165) is 41.2 Å². The lowest BCUT2D eigenvalue weighted by molar-refractivity contribution is 0.122. The van der Waals surface area contributed by atoms with Crippen molar-refractivity contribution in [2.75, 3.05) is 44.9 Å². The van der Waals surface area contributed by atoms with Crippen LogP contribution in [-0.2, 0) is 11.3 Å². The Morgan fingerprint density at radius 1 is 1.14 bits per heavy atom. The normalized spacial score (nSPS) is 14.2. The summed E-state index contributed by atoms with van der Waals surface area (Å²) in [6, 6.07) is 11.0. The molecule has 1 aliphatic heterocycles. The number of morpholine rings is 1. The maximum absolute atomic E-state index is 12.2. The zero-order chi connectivity index (χ0) is 19.3. The molecule has 2 aromatic heterocycles. The number of methoxy groups -OCH3 is 1. The molecule has 1 fully saturated rings. The molecule has 0 N–H and O–H groups in total. The van der Waals surface area contributed by atoms with Crippen LogP contribution in [0, 0.1) is 0 Å². The fraction of sp³-hybridized carbons (Fsp3) is 0.333. The first-order valence-electron chi connectivity index (χ1n) is 9.33. The third-order valence-corrected chi connectivity index (χ3v) is 4.84. The topological polar surface area (TPSA) is 65.8 Å². The van der Waals surface area contributed by atoms with Gasteiger partial charge < -0.3 is 23.7 Å². The van der Waals surface area contributed by atoms with Crippen LogP contribution < -0.4 is 19.9 Å². The van der Waals surface area contributed by atoms with Gasteiger partial charge in [-0.1, -0.05) is 0 Å². The van der Waals surface area contributed by atoms with Crippen LogP contribution in [0.3, 0.4) is 0 Å². The number of aromatic nitrogens is 2. The summed E-state index contributed by atoms with van der Waals surface area (Å²) in [6.07, 6.45) is 3.61. The van der Waals surface area contributed by atoms with Gasteiger partial charge in [0.25, 0.3) is 5.56 Å². The van der Waals surface area contributed by atoms with Gasteiger partial charge >= 0.3 is 0 Å². The van der Waals surface area contributed by atoms with E-state index < -0.39 is 0 Å². The summed E-state index contributed by atoms with van der Waals surface area (Å²) in [5, 5.41) is 0.915. The van der Waals surface area contributed by atoms with Gasteiger partial charge in [0.1, 0.15) is 18.1 Å². The molecule has 0 bridgehead atoms. The molecule has 0 amide bonds. The van der Waals surface area contributed by atoms with Crippen LogP contribution in [0.15, 0.2) is 53.6 Å². The van der Waals surface area contributed by atoms with Gasteiger partial charge in [0.05, 0.1) is 38.1 Å². The van der Waals surface area contributed by atoms with Gasteiger partial charge in [-0.2, -0.15) is 0 Å². The molecule has 4 rings (SSSR count). The van der Waals surface area contributed by atoms with Crippen LogP contribution in [0.2, 0.25) is 0 Å². The molecule has 0 unspecified atom stereocenters. The smallest absolute Gasteiger partial charge is 0.250 e. The van der Waals surface area contributed by atoms with E-state index in [-0.39, 0.29) is 5.56 Å². The second kappa shape index (κ2) is 8.31. The maximum atomic E-state index is 12.2. The molecule has 0 atom stereocenters. The quantitative estimate of drug-likeness (QED) is 0.653. The number of pyridine rings is 2. The highest BCUT2D eigenvalue weighted by Gasteiger charge is 2.12. The van der Waals surface area contributed by atoms with Gasteiger partial charge in [0.15, 0.2) is 0 Å². The molecule has 7 heteroatoms. The Bertz CT molecular complexity index is 1010. The van der Waals surface area contributed by atoms with E-state index in [1.807, 2.05) is 36.5 Å². The van der Waals surface area contributed by atoms with Crippen molar-refractivity contribution in [1.29, 1.82) is 0 Å². The van der Waals surface area contributed by atoms with Crippen molar-refractivity contribution in [3.63, 3.8) is 0 Å². The largest absolute Gasteiger partial charge is 0.497 e. The van der Waals surface area contributed by atoms with Gasteiger partial charge in [0, 0.05) is 43.0 Å². The highest BCUT2D eigenvalue weighted by Crippen LogP contribution is 2.27. The third-order valence-electron chi connectivity index (χ3n) is 4.84. The summed E-state index contributed by atoms with van der Waals surface area (Å²) in [4.78, 5) is 18.8. The average Bonchev–Trinajstić information content (AvgIpc) is 2.75. The van der Waals surface area contributed by atoms with Crippen LogP contribution in [-0.4, -0.2) is 49.6 Å². The van der Waals surface area contributed by atoms with Crippen molar-refractivity contribution in [1.82, 2.24) is 9.55 Å². The minimum atomic E-state index is -0.0371. The van der Waals surface area contributed by atoms with Gasteiger partial charge in [-0.15, -0.1) is 0 Å². The number of rotatable bonds is 6. The van der Waals surface area contributed by atoms with E-state index in [4.69, 9.17) is 14.2 Å². The molecule has 0 saturated carbocycles. The number of benzene rings is 1. The summed E-state index contributed by atoms with van der Waals surface area (Å²) >= 11 is 0. The van der Waals surface area contributed by atoms with Gasteiger partial charge in [-0.3, -0.25) is 9.78 Å². The maximum Gasteiger partial charge on any atom is 0.250 e. The fourth-order valence-electron chi connectivity index (χ4n) is 3.31. The molecule has 28 heavy (non-hydrogen) atoms. The number of ether oxygens (including phenoxy) is 3. The van der Waals surface area contributed by atoms with Crippen molar-refractivity contribution in [3.8, 4) is 11.5 Å². The van der Waals surface area contributed by atoms with E-state index in [9.17, 15) is 4.79 Å². The molecule has 0 spiro atoms.